The van der Waals surface area contributed by atoms with Crippen molar-refractivity contribution >= 4 is 17.7 Å². The molecule has 6 heteroatoms. The Bertz CT molecular complexity index is 994. The fourth-order valence-corrected chi connectivity index (χ4v) is 4.68. The molecule has 1 aliphatic heterocycles. The van der Waals surface area contributed by atoms with Crippen LogP contribution in [0.15, 0.2) is 48.5 Å². The van der Waals surface area contributed by atoms with Gasteiger partial charge in [-0.2, -0.15) is 0 Å². The predicted octanol–water partition coefficient (Wildman–Crippen LogP) is 3.13. The van der Waals surface area contributed by atoms with Crippen LogP contribution in [0.4, 0.5) is 0 Å². The first-order valence-electron chi connectivity index (χ1n) is 10.9. The molecule has 0 atom stereocenters. The molecule has 0 saturated heterocycles. The maximum absolute atomic E-state index is 12.9. The Labute approximate surface area is 183 Å². The van der Waals surface area contributed by atoms with Gasteiger partial charge in [-0.25, -0.2) is 0 Å². The van der Waals surface area contributed by atoms with Crippen molar-refractivity contribution in [2.75, 3.05) is 27.2 Å². The second-order valence-corrected chi connectivity index (χ2v) is 8.77. The second kappa shape index (κ2) is 8.63. The Hall–Kier alpha value is -2.99. The first-order chi connectivity index (χ1) is 14.9. The van der Waals surface area contributed by atoms with Gasteiger partial charge < -0.3 is 10.2 Å². The monoisotopic (exact) mass is 419 g/mol. The molecule has 0 radical (unpaired) electrons. The lowest BCUT2D eigenvalue weighted by Gasteiger charge is -2.36. The van der Waals surface area contributed by atoms with Gasteiger partial charge in [-0.05, 0) is 57.1 Å². The highest BCUT2D eigenvalue weighted by molar-refractivity contribution is 6.22. The van der Waals surface area contributed by atoms with Crippen molar-refractivity contribution in [2.24, 2.45) is 0 Å². The molecule has 0 aromatic heterocycles. The van der Waals surface area contributed by atoms with Crippen LogP contribution in [-0.4, -0.2) is 60.2 Å². The van der Waals surface area contributed by atoms with E-state index >= 15 is 0 Å². The smallest absolute Gasteiger partial charge is 0.261 e. The molecule has 2 aromatic carbocycles. The molecule has 0 spiro atoms. The van der Waals surface area contributed by atoms with Crippen molar-refractivity contribution in [1.82, 2.24) is 15.1 Å². The third-order valence-corrected chi connectivity index (χ3v) is 6.76. The second-order valence-electron chi connectivity index (χ2n) is 8.77. The van der Waals surface area contributed by atoms with Crippen molar-refractivity contribution in [3.63, 3.8) is 0 Å². The van der Waals surface area contributed by atoms with E-state index in [4.69, 9.17) is 0 Å². The van der Waals surface area contributed by atoms with Crippen molar-refractivity contribution in [2.45, 2.75) is 37.6 Å². The van der Waals surface area contributed by atoms with Crippen LogP contribution in [0.1, 0.15) is 62.3 Å². The molecule has 1 heterocycles. The topological polar surface area (TPSA) is 69.7 Å². The molecule has 4 rings (SSSR count). The lowest BCUT2D eigenvalue weighted by molar-refractivity contribution is 0.0656. The highest BCUT2D eigenvalue weighted by Crippen LogP contribution is 2.33. The minimum absolute atomic E-state index is 0.00753. The predicted molar refractivity (Wildman–Crippen MR) is 119 cm³/mol. The van der Waals surface area contributed by atoms with Crippen molar-refractivity contribution in [1.29, 1.82) is 0 Å². The van der Waals surface area contributed by atoms with E-state index in [1.54, 1.807) is 18.2 Å². The van der Waals surface area contributed by atoms with E-state index in [1.807, 2.05) is 30.3 Å². The molecule has 0 unspecified atom stereocenters. The summed E-state index contributed by atoms with van der Waals surface area (Å²) < 4.78 is 0. The summed E-state index contributed by atoms with van der Waals surface area (Å²) in [5.74, 6) is -0.828. The lowest BCUT2D eigenvalue weighted by Crippen LogP contribution is -2.50. The number of benzene rings is 2. The fraction of sp³-hybridized carbons (Fsp3) is 0.400. The summed E-state index contributed by atoms with van der Waals surface area (Å²) in [5, 5.41) is 3.05. The Balaban J connectivity index is 1.44. The maximum atomic E-state index is 12.9. The minimum Gasteiger partial charge on any atom is -0.350 e. The van der Waals surface area contributed by atoms with E-state index < -0.39 is 0 Å². The molecular weight excluding hydrogens is 390 g/mol. The highest BCUT2D eigenvalue weighted by Gasteiger charge is 2.37. The normalized spacial score (nSPS) is 17.3. The van der Waals surface area contributed by atoms with Gasteiger partial charge in [0.25, 0.3) is 17.7 Å². The molecule has 2 aromatic rings. The number of hydrogen-bond acceptors (Lipinski definition) is 4. The largest absolute Gasteiger partial charge is 0.350 e. The van der Waals surface area contributed by atoms with Gasteiger partial charge in [-0.1, -0.05) is 43.2 Å². The first kappa shape index (κ1) is 21.2. The molecule has 1 saturated carbocycles. The lowest BCUT2D eigenvalue weighted by atomic mass is 9.95. The van der Waals surface area contributed by atoms with Crippen LogP contribution in [0.2, 0.25) is 0 Å². The third kappa shape index (κ3) is 4.12. The number of likely N-dealkylation sites (N-methyl/N-ethyl adjacent to an activating group) is 1. The van der Waals surface area contributed by atoms with Gasteiger partial charge in [0.1, 0.15) is 0 Å². The van der Waals surface area contributed by atoms with Gasteiger partial charge in [-0.15, -0.1) is 0 Å². The van der Waals surface area contributed by atoms with E-state index in [0.717, 1.165) is 18.4 Å². The molecular formula is C25H29N3O3. The van der Waals surface area contributed by atoms with Gasteiger partial charge in [0.2, 0.25) is 0 Å². The minimum atomic E-state index is -0.328. The molecule has 3 amide bonds. The van der Waals surface area contributed by atoms with E-state index in [9.17, 15) is 14.4 Å². The van der Waals surface area contributed by atoms with Gasteiger partial charge in [0.15, 0.2) is 0 Å². The number of nitrogens with one attached hydrogen (secondary N) is 1. The summed E-state index contributed by atoms with van der Waals surface area (Å²) in [5.41, 5.74) is 2.16. The zero-order valence-electron chi connectivity index (χ0n) is 18.2. The van der Waals surface area contributed by atoms with Gasteiger partial charge in [0.05, 0.1) is 11.1 Å². The zero-order chi connectivity index (χ0) is 22.0. The van der Waals surface area contributed by atoms with E-state index in [0.29, 0.717) is 36.2 Å². The van der Waals surface area contributed by atoms with E-state index in [-0.39, 0.29) is 23.3 Å². The molecule has 6 nitrogen and oxygen atoms in total. The van der Waals surface area contributed by atoms with Crippen LogP contribution in [-0.2, 0) is 6.42 Å². The van der Waals surface area contributed by atoms with Crippen molar-refractivity contribution in [3.8, 4) is 0 Å². The zero-order valence-corrected chi connectivity index (χ0v) is 18.2. The molecule has 31 heavy (non-hydrogen) atoms. The van der Waals surface area contributed by atoms with Crippen LogP contribution in [0, 0.1) is 0 Å². The Morgan fingerprint density at radius 1 is 1.00 bits per heavy atom. The SMILES string of the molecule is CN(C)C1(CNC(=O)c2ccc3c(c2)C(=O)N(CCc2ccccc2)C3=O)CCCC1. The number of amides is 3. The summed E-state index contributed by atoms with van der Waals surface area (Å²) in [6.45, 7) is 0.898. The van der Waals surface area contributed by atoms with Gasteiger partial charge in [-0.3, -0.25) is 19.3 Å². The molecule has 1 fully saturated rings. The fourth-order valence-electron chi connectivity index (χ4n) is 4.68. The Morgan fingerprint density at radius 2 is 1.68 bits per heavy atom. The summed E-state index contributed by atoms with van der Waals surface area (Å²) >= 11 is 0. The molecule has 1 N–H and O–H groups in total. The van der Waals surface area contributed by atoms with E-state index in [1.165, 1.54) is 17.7 Å². The van der Waals surface area contributed by atoms with Crippen LogP contribution in [0.5, 0.6) is 0 Å². The molecule has 0 bridgehead atoms. The Morgan fingerprint density at radius 3 is 2.35 bits per heavy atom. The van der Waals surface area contributed by atoms with Crippen molar-refractivity contribution in [3.05, 3.63) is 70.8 Å². The number of fused-ring (bicyclic) bond motifs is 1. The molecule has 162 valence electrons. The average molecular weight is 420 g/mol. The summed E-state index contributed by atoms with van der Waals surface area (Å²) in [7, 11) is 4.11. The number of carbonyl (C=O) groups is 3. The summed E-state index contributed by atoms with van der Waals surface area (Å²) in [6, 6.07) is 14.6. The van der Waals surface area contributed by atoms with Crippen LogP contribution >= 0.6 is 0 Å². The van der Waals surface area contributed by atoms with Crippen LogP contribution in [0.25, 0.3) is 0 Å². The summed E-state index contributed by atoms with van der Waals surface area (Å²) in [4.78, 5) is 41.9. The number of rotatable bonds is 7. The standard InChI is InChI=1S/C25H29N3O3/c1-27(2)25(13-6-7-14-25)17-26-22(29)19-10-11-20-21(16-19)24(31)28(23(20)30)15-12-18-8-4-3-5-9-18/h3-5,8-11,16H,6-7,12-15,17H2,1-2H3,(H,26,29). The summed E-state index contributed by atoms with van der Waals surface area (Å²) in [6.07, 6.45) is 5.07. The average Bonchev–Trinajstić information content (AvgIpc) is 3.36. The first-order valence-corrected chi connectivity index (χ1v) is 10.9. The van der Waals surface area contributed by atoms with E-state index in [2.05, 4.69) is 24.3 Å². The van der Waals surface area contributed by atoms with Crippen molar-refractivity contribution < 1.29 is 14.4 Å². The number of nitrogens with zero attached hydrogens (tertiary/aromatic N) is 2. The van der Waals surface area contributed by atoms with Crippen LogP contribution < -0.4 is 5.32 Å². The maximum Gasteiger partial charge on any atom is 0.261 e. The quantitative estimate of drug-likeness (QED) is 0.700. The number of hydrogen-bond donors (Lipinski definition) is 1. The molecule has 2 aliphatic rings. The van der Waals surface area contributed by atoms with Gasteiger partial charge >= 0.3 is 0 Å². The number of carbonyl (C=O) groups excluding carboxylic acids is 3. The third-order valence-electron chi connectivity index (χ3n) is 6.76. The number of imide groups is 1. The van der Waals surface area contributed by atoms with Gasteiger partial charge in [0, 0.05) is 24.2 Å². The van der Waals surface area contributed by atoms with Crippen LogP contribution in [0.3, 0.4) is 0 Å². The molecule has 1 aliphatic carbocycles. The Kier molecular flexibility index (Phi) is 5.92. The highest BCUT2D eigenvalue weighted by atomic mass is 16.2.